The second kappa shape index (κ2) is 3.36. The third kappa shape index (κ3) is 1.41. The van der Waals surface area contributed by atoms with Crippen LogP contribution in [0.4, 0.5) is 4.39 Å². The van der Waals surface area contributed by atoms with Crippen LogP contribution >= 0.6 is 0 Å². The van der Waals surface area contributed by atoms with Gasteiger partial charge in [-0.1, -0.05) is 12.5 Å². The Morgan fingerprint density at radius 3 is 2.69 bits per heavy atom. The van der Waals surface area contributed by atoms with E-state index < -0.39 is 0 Å². The van der Waals surface area contributed by atoms with Crippen LogP contribution in [0.1, 0.15) is 30.7 Å². The van der Waals surface area contributed by atoms with Crippen LogP contribution in [-0.4, -0.2) is 7.11 Å². The van der Waals surface area contributed by atoms with E-state index in [-0.39, 0.29) is 5.82 Å². The first-order valence-electron chi connectivity index (χ1n) is 4.65. The Kier molecular flexibility index (Phi) is 2.21. The number of halogens is 1. The summed E-state index contributed by atoms with van der Waals surface area (Å²) >= 11 is 0. The minimum Gasteiger partial charge on any atom is -0.496 e. The van der Waals surface area contributed by atoms with E-state index in [0.717, 1.165) is 18.4 Å². The molecule has 2 rings (SSSR count). The van der Waals surface area contributed by atoms with Gasteiger partial charge in [-0.2, -0.15) is 0 Å². The van der Waals surface area contributed by atoms with E-state index in [0.29, 0.717) is 11.7 Å². The van der Waals surface area contributed by atoms with E-state index in [4.69, 9.17) is 4.74 Å². The van der Waals surface area contributed by atoms with Gasteiger partial charge in [0.2, 0.25) is 0 Å². The van der Waals surface area contributed by atoms with Gasteiger partial charge in [0.1, 0.15) is 11.6 Å². The second-order valence-corrected chi connectivity index (χ2v) is 3.48. The average Bonchev–Trinajstić information content (AvgIpc) is 2.05. The van der Waals surface area contributed by atoms with Crippen LogP contribution in [-0.2, 0) is 0 Å². The predicted octanol–water partition coefficient (Wildman–Crippen LogP) is 3.10. The van der Waals surface area contributed by atoms with Gasteiger partial charge in [0.15, 0.2) is 0 Å². The van der Waals surface area contributed by atoms with Crippen molar-refractivity contribution in [1.82, 2.24) is 0 Å². The fraction of sp³-hybridized carbons (Fsp3) is 0.455. The van der Waals surface area contributed by atoms with Gasteiger partial charge in [-0.3, -0.25) is 0 Å². The fourth-order valence-electron chi connectivity index (χ4n) is 1.79. The van der Waals surface area contributed by atoms with Crippen molar-refractivity contribution in [1.29, 1.82) is 0 Å². The van der Waals surface area contributed by atoms with Gasteiger partial charge in [-0.05, 0) is 30.9 Å². The van der Waals surface area contributed by atoms with Crippen LogP contribution < -0.4 is 4.74 Å². The monoisotopic (exact) mass is 180 g/mol. The minimum absolute atomic E-state index is 0.121. The van der Waals surface area contributed by atoms with Crippen LogP contribution in [0.3, 0.4) is 0 Å². The molecule has 70 valence electrons. The van der Waals surface area contributed by atoms with Gasteiger partial charge < -0.3 is 4.74 Å². The van der Waals surface area contributed by atoms with Crippen molar-refractivity contribution in [2.24, 2.45) is 0 Å². The third-order valence-electron chi connectivity index (χ3n) is 2.75. The maximum absolute atomic E-state index is 13.4. The summed E-state index contributed by atoms with van der Waals surface area (Å²) in [5.41, 5.74) is 0.774. The molecule has 0 aromatic heterocycles. The maximum Gasteiger partial charge on any atom is 0.130 e. The zero-order chi connectivity index (χ0) is 9.26. The smallest absolute Gasteiger partial charge is 0.130 e. The topological polar surface area (TPSA) is 9.23 Å². The molecule has 1 fully saturated rings. The lowest BCUT2D eigenvalue weighted by Gasteiger charge is -2.27. The van der Waals surface area contributed by atoms with E-state index in [2.05, 4.69) is 0 Å². The molecular weight excluding hydrogens is 167 g/mol. The third-order valence-corrected chi connectivity index (χ3v) is 2.75. The van der Waals surface area contributed by atoms with Crippen molar-refractivity contribution in [2.45, 2.75) is 25.2 Å². The molecular formula is C11H13FO. The fourth-order valence-corrected chi connectivity index (χ4v) is 1.79. The quantitative estimate of drug-likeness (QED) is 0.679. The summed E-state index contributed by atoms with van der Waals surface area (Å²) in [6.07, 6.45) is 3.40. The summed E-state index contributed by atoms with van der Waals surface area (Å²) in [6, 6.07) is 5.03. The number of ether oxygens (including phenoxy) is 1. The van der Waals surface area contributed by atoms with Crippen molar-refractivity contribution in [3.05, 3.63) is 29.6 Å². The first kappa shape index (κ1) is 8.54. The van der Waals surface area contributed by atoms with Crippen molar-refractivity contribution >= 4 is 0 Å². The van der Waals surface area contributed by atoms with Crippen LogP contribution in [0.2, 0.25) is 0 Å². The normalized spacial score (nSPS) is 16.8. The molecule has 1 aliphatic rings. The van der Waals surface area contributed by atoms with Crippen LogP contribution in [0, 0.1) is 5.82 Å². The van der Waals surface area contributed by atoms with Gasteiger partial charge in [0.05, 0.1) is 7.11 Å². The minimum atomic E-state index is -0.121. The molecule has 0 bridgehead atoms. The Morgan fingerprint density at radius 2 is 2.15 bits per heavy atom. The number of methoxy groups -OCH3 is 1. The number of hydrogen-bond acceptors (Lipinski definition) is 1. The van der Waals surface area contributed by atoms with Crippen LogP contribution in [0.15, 0.2) is 18.2 Å². The lowest BCUT2D eigenvalue weighted by atomic mass is 9.79. The molecule has 1 aromatic rings. The summed E-state index contributed by atoms with van der Waals surface area (Å²) in [5, 5.41) is 0. The first-order valence-corrected chi connectivity index (χ1v) is 4.65. The molecule has 2 heteroatoms. The molecule has 0 amide bonds. The lowest BCUT2D eigenvalue weighted by molar-refractivity contribution is 0.361. The molecule has 0 saturated heterocycles. The van der Waals surface area contributed by atoms with E-state index in [1.165, 1.54) is 12.5 Å². The molecule has 0 spiro atoms. The Hall–Kier alpha value is -1.05. The van der Waals surface area contributed by atoms with Gasteiger partial charge in [0.25, 0.3) is 0 Å². The molecule has 0 unspecified atom stereocenters. The Bertz CT molecular complexity index is 305. The van der Waals surface area contributed by atoms with E-state index in [1.807, 2.05) is 6.07 Å². The molecule has 1 aliphatic carbocycles. The maximum atomic E-state index is 13.4. The van der Waals surface area contributed by atoms with Gasteiger partial charge in [-0.15, -0.1) is 0 Å². The summed E-state index contributed by atoms with van der Waals surface area (Å²) < 4.78 is 18.6. The predicted molar refractivity (Wildman–Crippen MR) is 49.5 cm³/mol. The summed E-state index contributed by atoms with van der Waals surface area (Å²) in [6.45, 7) is 0. The summed E-state index contributed by atoms with van der Waals surface area (Å²) in [4.78, 5) is 0. The molecule has 0 heterocycles. The van der Waals surface area contributed by atoms with Gasteiger partial charge >= 0.3 is 0 Å². The molecule has 1 nitrogen and oxygen atoms in total. The highest BCUT2D eigenvalue weighted by molar-refractivity contribution is 5.38. The average molecular weight is 180 g/mol. The molecule has 13 heavy (non-hydrogen) atoms. The zero-order valence-corrected chi connectivity index (χ0v) is 7.72. The standard InChI is InChI=1S/C11H13FO/c1-13-10-7-3-6-9(12)11(10)8-4-2-5-8/h3,6-8H,2,4-5H2,1H3. The Labute approximate surface area is 77.5 Å². The molecule has 0 N–H and O–H groups in total. The molecule has 0 radical (unpaired) electrons. The summed E-state index contributed by atoms with van der Waals surface area (Å²) in [5.74, 6) is 0.963. The lowest BCUT2D eigenvalue weighted by Crippen LogP contribution is -2.12. The first-order chi connectivity index (χ1) is 6.33. The Morgan fingerprint density at radius 1 is 1.38 bits per heavy atom. The number of benzene rings is 1. The van der Waals surface area contributed by atoms with E-state index in [1.54, 1.807) is 13.2 Å². The van der Waals surface area contributed by atoms with Crippen molar-refractivity contribution < 1.29 is 9.13 Å². The summed E-state index contributed by atoms with van der Waals surface area (Å²) in [7, 11) is 1.59. The number of hydrogen-bond donors (Lipinski definition) is 0. The zero-order valence-electron chi connectivity index (χ0n) is 7.72. The van der Waals surface area contributed by atoms with E-state index >= 15 is 0 Å². The highest BCUT2D eigenvalue weighted by Crippen LogP contribution is 2.41. The second-order valence-electron chi connectivity index (χ2n) is 3.48. The van der Waals surface area contributed by atoms with Crippen molar-refractivity contribution in [3.63, 3.8) is 0 Å². The van der Waals surface area contributed by atoms with Gasteiger partial charge in [0, 0.05) is 5.56 Å². The number of rotatable bonds is 2. The largest absolute Gasteiger partial charge is 0.496 e. The van der Waals surface area contributed by atoms with Crippen molar-refractivity contribution in [2.75, 3.05) is 7.11 Å². The molecule has 1 aromatic carbocycles. The van der Waals surface area contributed by atoms with Crippen LogP contribution in [0.25, 0.3) is 0 Å². The highest BCUT2D eigenvalue weighted by atomic mass is 19.1. The molecule has 0 aliphatic heterocycles. The van der Waals surface area contributed by atoms with Crippen molar-refractivity contribution in [3.8, 4) is 5.75 Å². The van der Waals surface area contributed by atoms with E-state index in [9.17, 15) is 4.39 Å². The Balaban J connectivity index is 2.39. The van der Waals surface area contributed by atoms with Gasteiger partial charge in [-0.25, -0.2) is 4.39 Å². The highest BCUT2D eigenvalue weighted by Gasteiger charge is 2.25. The molecule has 1 saturated carbocycles. The SMILES string of the molecule is COc1cccc(F)c1C1CCC1. The van der Waals surface area contributed by atoms with Crippen LogP contribution in [0.5, 0.6) is 5.75 Å². The molecule has 0 atom stereocenters.